The van der Waals surface area contributed by atoms with Gasteiger partial charge in [0.1, 0.15) is 0 Å². The van der Waals surface area contributed by atoms with E-state index in [1.165, 1.54) is 4.90 Å². The Morgan fingerprint density at radius 3 is 2.39 bits per heavy atom. The molecule has 0 unspecified atom stereocenters. The summed E-state index contributed by atoms with van der Waals surface area (Å²) in [6.07, 6.45) is 1.34. The van der Waals surface area contributed by atoms with Crippen molar-refractivity contribution in [1.82, 2.24) is 4.98 Å². The van der Waals surface area contributed by atoms with Gasteiger partial charge in [0.2, 0.25) is 11.8 Å². The molecule has 1 fully saturated rings. The van der Waals surface area contributed by atoms with Crippen molar-refractivity contribution in [3.8, 4) is 11.6 Å². The number of esters is 1. The van der Waals surface area contributed by atoms with Gasteiger partial charge in [-0.3, -0.25) is 9.59 Å². The van der Waals surface area contributed by atoms with Crippen molar-refractivity contribution in [2.75, 3.05) is 12.0 Å². The van der Waals surface area contributed by atoms with E-state index in [-0.39, 0.29) is 34.9 Å². The van der Waals surface area contributed by atoms with E-state index in [0.717, 1.165) is 44.3 Å². The minimum atomic E-state index is -3.12. The maximum absolute atomic E-state index is 15.3. The van der Waals surface area contributed by atoms with Crippen LogP contribution in [0.1, 0.15) is 79.2 Å². The van der Waals surface area contributed by atoms with Gasteiger partial charge in [-0.15, -0.1) is 0 Å². The number of carbonyl (C=O) groups is 3. The molecule has 0 spiro atoms. The first-order valence-electron chi connectivity index (χ1n) is 11.7. The van der Waals surface area contributed by atoms with Crippen molar-refractivity contribution < 1.29 is 37.0 Å². The van der Waals surface area contributed by atoms with Crippen LogP contribution in [0.4, 0.5) is 18.9 Å². The predicted molar refractivity (Wildman–Crippen MR) is 126 cm³/mol. The smallest absolute Gasteiger partial charge is 0.340 e. The van der Waals surface area contributed by atoms with Gasteiger partial charge in [-0.2, -0.15) is 0 Å². The Hall–Kier alpha value is -3.43. The minimum Gasteiger partial charge on any atom is -0.465 e. The summed E-state index contributed by atoms with van der Waals surface area (Å²) in [6.45, 7) is 5.62. The van der Waals surface area contributed by atoms with Crippen LogP contribution in [0.25, 0.3) is 0 Å². The fourth-order valence-electron chi connectivity index (χ4n) is 4.42. The molecule has 0 saturated heterocycles. The predicted octanol–water partition coefficient (Wildman–Crippen LogP) is 6.12. The quantitative estimate of drug-likeness (QED) is 0.317. The van der Waals surface area contributed by atoms with Gasteiger partial charge < -0.3 is 14.4 Å². The van der Waals surface area contributed by atoms with Crippen LogP contribution >= 0.6 is 0 Å². The number of methoxy groups -OCH3 is 1. The van der Waals surface area contributed by atoms with Gasteiger partial charge in [-0.05, 0) is 51.5 Å². The molecule has 0 aliphatic heterocycles. The monoisotopic (exact) mass is 506 g/mol. The number of amides is 1. The van der Waals surface area contributed by atoms with E-state index >= 15 is 4.39 Å². The van der Waals surface area contributed by atoms with Crippen LogP contribution in [-0.4, -0.2) is 36.3 Å². The zero-order valence-corrected chi connectivity index (χ0v) is 20.6. The number of aldehydes is 1. The van der Waals surface area contributed by atoms with Crippen LogP contribution in [0.5, 0.6) is 11.6 Å². The topological polar surface area (TPSA) is 85.8 Å². The standard InChI is InChI=1S/C26H29F3N2O5/c1-14(2)31(25(33)16-7-5-15(3)6-8-16)20-12-19(27)21(11-18(20)26(34)35-4)36-24-22(23(28)29)17(13-32)9-10-30-24/h9-16,23H,5-8H2,1-4H3/t15-,16-. The second kappa shape index (κ2) is 11.5. The highest BCUT2D eigenvalue weighted by Gasteiger charge is 2.33. The maximum atomic E-state index is 15.3. The Morgan fingerprint density at radius 2 is 1.83 bits per heavy atom. The first kappa shape index (κ1) is 27.2. The van der Waals surface area contributed by atoms with Gasteiger partial charge in [0.05, 0.1) is 23.9 Å². The summed E-state index contributed by atoms with van der Waals surface area (Å²) in [5.74, 6) is -3.11. The van der Waals surface area contributed by atoms with E-state index in [0.29, 0.717) is 18.8 Å². The molecule has 194 valence electrons. The SMILES string of the molecule is COC(=O)c1cc(Oc2nccc(C=O)c2C(F)F)c(F)cc1N(C(=O)[C@H]1CC[C@H](C)CC1)C(C)C. The zero-order valence-electron chi connectivity index (χ0n) is 20.6. The normalized spacial score (nSPS) is 17.7. The third-order valence-electron chi connectivity index (χ3n) is 6.37. The number of aromatic nitrogens is 1. The number of hydrogen-bond acceptors (Lipinski definition) is 6. The molecule has 1 aliphatic rings. The lowest BCUT2D eigenvalue weighted by atomic mass is 9.82. The van der Waals surface area contributed by atoms with Crippen LogP contribution in [-0.2, 0) is 9.53 Å². The minimum absolute atomic E-state index is 0.00555. The van der Waals surface area contributed by atoms with Gasteiger partial charge >= 0.3 is 5.97 Å². The summed E-state index contributed by atoms with van der Waals surface area (Å²) in [7, 11) is 1.13. The number of rotatable bonds is 8. The van der Waals surface area contributed by atoms with Crippen molar-refractivity contribution >= 4 is 23.9 Å². The number of benzene rings is 1. The summed E-state index contributed by atoms with van der Waals surface area (Å²) >= 11 is 0. The molecular weight excluding hydrogens is 477 g/mol. The summed E-state index contributed by atoms with van der Waals surface area (Å²) in [6, 6.07) is 2.62. The molecule has 1 aromatic heterocycles. The van der Waals surface area contributed by atoms with Gasteiger partial charge in [0.15, 0.2) is 17.9 Å². The summed E-state index contributed by atoms with van der Waals surface area (Å²) in [5, 5.41) is 0. The molecule has 0 bridgehead atoms. The van der Waals surface area contributed by atoms with E-state index in [2.05, 4.69) is 11.9 Å². The number of alkyl halides is 2. The van der Waals surface area contributed by atoms with E-state index < -0.39 is 41.4 Å². The lowest BCUT2D eigenvalue weighted by Gasteiger charge is -2.34. The number of nitrogens with zero attached hydrogens (tertiary/aromatic N) is 2. The van der Waals surface area contributed by atoms with E-state index in [4.69, 9.17) is 9.47 Å². The Bertz CT molecular complexity index is 1130. The van der Waals surface area contributed by atoms with Crippen LogP contribution in [0.2, 0.25) is 0 Å². The highest BCUT2D eigenvalue weighted by atomic mass is 19.3. The maximum Gasteiger partial charge on any atom is 0.340 e. The van der Waals surface area contributed by atoms with E-state index in [1.807, 2.05) is 0 Å². The van der Waals surface area contributed by atoms with Crippen molar-refractivity contribution in [1.29, 1.82) is 0 Å². The molecule has 1 aliphatic carbocycles. The number of carbonyl (C=O) groups excluding carboxylic acids is 3. The van der Waals surface area contributed by atoms with Crippen molar-refractivity contribution in [3.05, 3.63) is 46.9 Å². The van der Waals surface area contributed by atoms with Crippen LogP contribution in [0.3, 0.4) is 0 Å². The lowest BCUT2D eigenvalue weighted by Crippen LogP contribution is -2.43. The third-order valence-corrected chi connectivity index (χ3v) is 6.37. The van der Waals surface area contributed by atoms with Crippen LogP contribution in [0, 0.1) is 17.7 Å². The van der Waals surface area contributed by atoms with E-state index in [1.54, 1.807) is 13.8 Å². The average Bonchev–Trinajstić information content (AvgIpc) is 2.84. The van der Waals surface area contributed by atoms with Crippen LogP contribution in [0.15, 0.2) is 24.4 Å². The van der Waals surface area contributed by atoms with E-state index in [9.17, 15) is 23.2 Å². The molecule has 0 atom stereocenters. The number of hydrogen-bond donors (Lipinski definition) is 0. The summed E-state index contributed by atoms with van der Waals surface area (Å²) in [4.78, 5) is 42.4. The lowest BCUT2D eigenvalue weighted by molar-refractivity contribution is -0.123. The summed E-state index contributed by atoms with van der Waals surface area (Å²) in [5.41, 5.74) is -1.35. The molecule has 2 aromatic rings. The number of pyridine rings is 1. The molecule has 1 aromatic carbocycles. The Kier molecular flexibility index (Phi) is 8.70. The van der Waals surface area contributed by atoms with Crippen molar-refractivity contribution in [2.24, 2.45) is 11.8 Å². The second-order valence-electron chi connectivity index (χ2n) is 9.19. The third kappa shape index (κ3) is 5.68. The Labute approximate surface area is 207 Å². The van der Waals surface area contributed by atoms with Crippen molar-refractivity contribution in [2.45, 2.75) is 58.9 Å². The van der Waals surface area contributed by atoms with Crippen molar-refractivity contribution in [3.63, 3.8) is 0 Å². The van der Waals surface area contributed by atoms with Gasteiger partial charge in [-0.25, -0.2) is 22.9 Å². The Morgan fingerprint density at radius 1 is 1.17 bits per heavy atom. The molecule has 10 heteroatoms. The van der Waals surface area contributed by atoms with Gasteiger partial charge in [-0.1, -0.05) is 6.92 Å². The molecule has 0 N–H and O–H groups in total. The first-order valence-corrected chi connectivity index (χ1v) is 11.7. The molecule has 0 radical (unpaired) electrons. The summed E-state index contributed by atoms with van der Waals surface area (Å²) < 4.78 is 52.7. The highest BCUT2D eigenvalue weighted by Crippen LogP contribution is 2.38. The molecule has 7 nitrogen and oxygen atoms in total. The zero-order chi connectivity index (χ0) is 26.6. The second-order valence-corrected chi connectivity index (χ2v) is 9.19. The van der Waals surface area contributed by atoms with Crippen LogP contribution < -0.4 is 9.64 Å². The number of ether oxygens (including phenoxy) is 2. The fraction of sp³-hybridized carbons (Fsp3) is 0.462. The number of halogens is 3. The average molecular weight is 507 g/mol. The molecule has 1 amide bonds. The fourth-order valence-corrected chi connectivity index (χ4v) is 4.42. The largest absolute Gasteiger partial charge is 0.465 e. The molecule has 1 heterocycles. The first-order chi connectivity index (χ1) is 17.1. The Balaban J connectivity index is 2.08. The van der Waals surface area contributed by atoms with Gasteiger partial charge in [0, 0.05) is 35.9 Å². The van der Waals surface area contributed by atoms with Gasteiger partial charge in [0.25, 0.3) is 6.43 Å². The molecular formula is C26H29F3N2O5. The number of anilines is 1. The molecule has 3 rings (SSSR count). The molecule has 1 saturated carbocycles. The highest BCUT2D eigenvalue weighted by molar-refractivity contribution is 6.04. The molecule has 36 heavy (non-hydrogen) atoms.